The first-order chi connectivity index (χ1) is 37.4. The molecule has 4 aliphatic heterocycles. The summed E-state index contributed by atoms with van der Waals surface area (Å²) >= 11 is 0. The standard InChI is InChI=1S/C45H52F3N11O18P2/c46-25-5-1-23(2-6-25)15-32(60)54-26-7-3-24(4-8-26)18-71-44(65)58-17-27(56-13-10-45(47,48)11-14-56)16-28(58)42(63)76-36-29(74-41(34(36)61)59-22-53-33-38(50)51-21-52-39(33)59)20-73-79(69,70)77-37-30(19-72-78(66,67)68)75-40(35(37)62)57-12-9-31(49)55-43(57)64/h1-9,12,21-22,27-30,34-37,40-41,61-62H,10-11,13-20H2,(H,54,60)(H,69,70)(H2,49,55,64)(H2,50,51,52)(H2,66,67,68)/t27-,28+,29-,30-,34-,35-,36-,37-,40-,41-/m1/s1. The van der Waals surface area contributed by atoms with Crippen molar-refractivity contribution in [2.75, 3.05) is 49.6 Å². The minimum absolute atomic E-state index is 0.0176. The number of piperidine rings is 1. The third-order valence-corrected chi connectivity index (χ3v) is 14.9. The maximum atomic E-state index is 14.5. The molecule has 29 nitrogen and oxygen atoms in total. The fourth-order valence-corrected chi connectivity index (χ4v) is 10.8. The second-order valence-electron chi connectivity index (χ2n) is 18.8. The Morgan fingerprint density at radius 3 is 2.18 bits per heavy atom. The quantitative estimate of drug-likeness (QED) is 0.0450. The summed E-state index contributed by atoms with van der Waals surface area (Å²) in [6, 6.07) is 10.6. The Morgan fingerprint density at radius 1 is 0.848 bits per heavy atom. The number of carbonyl (C=O) groups excluding carboxylic acids is 3. The largest absolute Gasteiger partial charge is 0.472 e. The van der Waals surface area contributed by atoms with E-state index >= 15 is 0 Å². The molecule has 9 rings (SSSR count). The number of aromatic nitrogens is 6. The van der Waals surface area contributed by atoms with Crippen molar-refractivity contribution in [3.8, 4) is 0 Å². The van der Waals surface area contributed by atoms with Gasteiger partial charge >= 0.3 is 33.4 Å². The highest BCUT2D eigenvalue weighted by molar-refractivity contribution is 7.47. The second kappa shape index (κ2) is 23.3. The number of anilines is 3. The Kier molecular flexibility index (Phi) is 16.9. The van der Waals surface area contributed by atoms with Gasteiger partial charge in [0.15, 0.2) is 30.0 Å². The number of alkyl halides is 2. The van der Waals surface area contributed by atoms with Gasteiger partial charge in [0, 0.05) is 50.4 Å². The molecule has 7 heterocycles. The van der Waals surface area contributed by atoms with E-state index in [0.717, 1.165) is 29.8 Å². The van der Waals surface area contributed by atoms with Crippen LogP contribution >= 0.6 is 15.6 Å². The van der Waals surface area contributed by atoms with E-state index in [0.29, 0.717) is 21.4 Å². The van der Waals surface area contributed by atoms with E-state index in [2.05, 4.69) is 29.8 Å². The summed E-state index contributed by atoms with van der Waals surface area (Å²) in [5.74, 6) is -5.22. The lowest BCUT2D eigenvalue weighted by Crippen LogP contribution is -2.47. The van der Waals surface area contributed by atoms with Gasteiger partial charge < -0.3 is 60.6 Å². The molecule has 4 aliphatic rings. The zero-order chi connectivity index (χ0) is 56.6. The van der Waals surface area contributed by atoms with Crippen LogP contribution in [-0.2, 0) is 64.3 Å². The number of benzene rings is 2. The maximum Gasteiger partial charge on any atom is 0.472 e. The van der Waals surface area contributed by atoms with Gasteiger partial charge in [0.1, 0.15) is 66.6 Å². The van der Waals surface area contributed by atoms with Crippen LogP contribution in [-0.4, -0.2) is 169 Å². The topological polar surface area (TPSA) is 400 Å². The average Bonchev–Trinajstić information content (AvgIpc) is 4.18. The van der Waals surface area contributed by atoms with Crippen LogP contribution in [0.25, 0.3) is 11.2 Å². The lowest BCUT2D eigenvalue weighted by molar-refractivity contribution is -0.161. The number of aliphatic hydroxyl groups is 2. The molecule has 0 bridgehead atoms. The van der Waals surface area contributed by atoms with E-state index in [1.54, 1.807) is 29.2 Å². The molecular formula is C45H52F3N11O18P2. The van der Waals surface area contributed by atoms with Crippen molar-refractivity contribution in [3.05, 3.63) is 101 Å². The van der Waals surface area contributed by atoms with Crippen LogP contribution in [0.4, 0.5) is 35.3 Å². The molecule has 0 aliphatic carbocycles. The number of nitrogens with two attached hydrogens (primary N) is 2. The number of hydrogen-bond donors (Lipinski definition) is 8. The van der Waals surface area contributed by atoms with E-state index < -0.39 is 132 Å². The first-order valence-corrected chi connectivity index (χ1v) is 27.1. The number of phosphoric acid groups is 2. The smallest absolute Gasteiger partial charge is 0.455 e. The molecule has 11 atom stereocenters. The molecule has 34 heteroatoms. The molecule has 0 spiro atoms. The number of fused-ring (bicyclic) bond motifs is 1. The average molecular weight is 1150 g/mol. The summed E-state index contributed by atoms with van der Waals surface area (Å²) in [7, 11) is -10.8. The van der Waals surface area contributed by atoms with E-state index in [-0.39, 0.29) is 67.8 Å². The highest BCUT2D eigenvalue weighted by Crippen LogP contribution is 2.50. The Balaban J connectivity index is 0.924. The molecule has 2 amide bonds. The van der Waals surface area contributed by atoms with Gasteiger partial charge in [-0.25, -0.2) is 51.6 Å². The Hall–Kier alpha value is -6.51. The minimum atomic E-state index is -5.54. The Morgan fingerprint density at radius 2 is 1.49 bits per heavy atom. The molecule has 426 valence electrons. The van der Waals surface area contributed by atoms with Crippen molar-refractivity contribution in [1.82, 2.24) is 38.9 Å². The van der Waals surface area contributed by atoms with Crippen LogP contribution in [0.5, 0.6) is 0 Å². The van der Waals surface area contributed by atoms with Crippen molar-refractivity contribution in [2.24, 2.45) is 0 Å². The number of phosphoric ester groups is 2. The lowest BCUT2D eigenvalue weighted by atomic mass is 10.0. The van der Waals surface area contributed by atoms with Crippen molar-refractivity contribution < 1.29 is 94.1 Å². The SMILES string of the molecule is Nc1ccn([C@@H]2O[C@H](COP(=O)(O)O)[C@@H](OP(=O)(O)OC[C@H]3O[C@@H](n4cnc5c(N)ncnc54)[C@H](O)[C@@H]3OC(=O)[C@@H]3C[C@@H](N4CCC(F)(F)CC4)CN3C(=O)OCc3ccc(NC(=O)Cc4ccc(F)cc4)cc3)[C@H]2O)c(=O)n1. The zero-order valence-electron chi connectivity index (χ0n) is 41.1. The number of hydrogen-bond acceptors (Lipinski definition) is 22. The molecule has 4 fully saturated rings. The normalized spacial score (nSPS) is 27.0. The number of nitrogens with one attached hydrogen (secondary N) is 1. The number of halogens is 3. The number of aliphatic hydroxyl groups excluding tert-OH is 2. The van der Waals surface area contributed by atoms with E-state index in [9.17, 15) is 66.4 Å². The summed E-state index contributed by atoms with van der Waals surface area (Å²) in [6.45, 7) is -2.85. The third kappa shape index (κ3) is 13.6. The number of likely N-dealkylation sites (tertiary alicyclic amines) is 2. The van der Waals surface area contributed by atoms with Crippen LogP contribution < -0.4 is 22.5 Å². The Labute approximate surface area is 444 Å². The number of esters is 1. The van der Waals surface area contributed by atoms with Gasteiger partial charge in [0.2, 0.25) is 5.91 Å². The first-order valence-electron chi connectivity index (χ1n) is 24.1. The number of ether oxygens (including phenoxy) is 4. The van der Waals surface area contributed by atoms with E-state index in [1.807, 2.05) is 0 Å². The van der Waals surface area contributed by atoms with Crippen LogP contribution in [0.1, 0.15) is 42.8 Å². The molecule has 79 heavy (non-hydrogen) atoms. The summed E-state index contributed by atoms with van der Waals surface area (Å²) in [4.78, 5) is 102. The molecule has 3 aromatic heterocycles. The van der Waals surface area contributed by atoms with Gasteiger partial charge in [-0.15, -0.1) is 0 Å². The molecular weight excluding hydrogens is 1100 g/mol. The first kappa shape index (κ1) is 57.2. The predicted molar refractivity (Wildman–Crippen MR) is 261 cm³/mol. The van der Waals surface area contributed by atoms with Gasteiger partial charge in [-0.2, -0.15) is 4.98 Å². The zero-order valence-corrected chi connectivity index (χ0v) is 42.9. The number of rotatable bonds is 18. The molecule has 10 N–H and O–H groups in total. The third-order valence-electron chi connectivity index (χ3n) is 13.4. The van der Waals surface area contributed by atoms with Gasteiger partial charge in [-0.05, 0) is 47.9 Å². The van der Waals surface area contributed by atoms with Crippen molar-refractivity contribution in [2.45, 2.75) is 99.4 Å². The fraction of sp³-hybridized carbons (Fsp3) is 0.467. The van der Waals surface area contributed by atoms with E-state index in [4.69, 9.17) is 39.5 Å². The van der Waals surface area contributed by atoms with Crippen molar-refractivity contribution in [1.29, 1.82) is 0 Å². The summed E-state index contributed by atoms with van der Waals surface area (Å²) < 4.78 is 108. The highest BCUT2D eigenvalue weighted by atomic mass is 31.2. The fourth-order valence-electron chi connectivity index (χ4n) is 9.48. The van der Waals surface area contributed by atoms with Crippen LogP contribution in [0, 0.1) is 5.82 Å². The second-order valence-corrected chi connectivity index (χ2v) is 21.5. The van der Waals surface area contributed by atoms with Crippen LogP contribution in [0.2, 0.25) is 0 Å². The molecule has 1 unspecified atom stereocenters. The monoisotopic (exact) mass is 1150 g/mol. The van der Waals surface area contributed by atoms with Crippen molar-refractivity contribution >= 4 is 62.1 Å². The summed E-state index contributed by atoms with van der Waals surface area (Å²) in [5.41, 5.74) is 12.0. The number of nitrogen functional groups attached to an aromatic ring is 2. The molecule has 0 radical (unpaired) electrons. The lowest BCUT2D eigenvalue weighted by Gasteiger charge is -2.35. The van der Waals surface area contributed by atoms with Gasteiger partial charge in [-0.3, -0.25) is 37.3 Å². The number of amides is 2. The predicted octanol–water partition coefficient (Wildman–Crippen LogP) is 1.12. The van der Waals surface area contributed by atoms with Gasteiger partial charge in [0.25, 0.3) is 5.92 Å². The van der Waals surface area contributed by atoms with E-state index in [1.165, 1.54) is 28.8 Å². The van der Waals surface area contributed by atoms with Crippen LogP contribution in [0.3, 0.4) is 0 Å². The highest BCUT2D eigenvalue weighted by Gasteiger charge is 2.54. The Bertz CT molecular complexity index is 3190. The molecule has 0 saturated carbocycles. The number of carbonyl (C=O) groups is 3. The summed E-state index contributed by atoms with van der Waals surface area (Å²) in [5, 5.41) is 25.9. The van der Waals surface area contributed by atoms with Crippen molar-refractivity contribution in [3.63, 3.8) is 0 Å². The molecule has 5 aromatic rings. The minimum Gasteiger partial charge on any atom is -0.455 e. The molecule has 4 saturated heterocycles. The van der Waals surface area contributed by atoms with Gasteiger partial charge in [0.05, 0.1) is 26.0 Å². The summed E-state index contributed by atoms with van der Waals surface area (Å²) in [6.07, 6.45) is -13.6. The number of nitrogens with zero attached hydrogens (tertiary/aromatic N) is 8. The number of imidazole rings is 1. The van der Waals surface area contributed by atoms with Crippen LogP contribution in [0.15, 0.2) is 78.2 Å². The van der Waals surface area contributed by atoms with Gasteiger partial charge in [-0.1, -0.05) is 24.3 Å². The maximum absolute atomic E-state index is 14.5. The molecule has 2 aromatic carbocycles.